The molecule has 0 atom stereocenters. The fourth-order valence-electron chi connectivity index (χ4n) is 2.67. The lowest BCUT2D eigenvalue weighted by Gasteiger charge is -2.13. The van der Waals surface area contributed by atoms with Crippen LogP contribution in [0.3, 0.4) is 0 Å². The Morgan fingerprint density at radius 2 is 1.69 bits per heavy atom. The zero-order valence-electron chi connectivity index (χ0n) is 15.0. The van der Waals surface area contributed by atoms with Gasteiger partial charge in [0.25, 0.3) is 15.9 Å². The van der Waals surface area contributed by atoms with E-state index >= 15 is 0 Å². The Bertz CT molecular complexity index is 1220. The molecule has 0 fully saturated rings. The minimum atomic E-state index is -3.72. The Labute approximate surface area is 171 Å². The number of sulfonamides is 1. The van der Waals surface area contributed by atoms with Crippen LogP contribution in [0.1, 0.15) is 10.4 Å². The van der Waals surface area contributed by atoms with Gasteiger partial charge >= 0.3 is 0 Å². The number of aromatic nitrogens is 2. The molecule has 0 bridgehead atoms. The van der Waals surface area contributed by atoms with Gasteiger partial charge in [0, 0.05) is 18.0 Å². The lowest BCUT2D eigenvalue weighted by Crippen LogP contribution is -2.16. The first kappa shape index (κ1) is 18.9. The SMILES string of the molecule is O=C(Nc1ccccc1NS(=O)(=O)c1cccs1)c1ccc(-n2cccn2)cc1. The second-order valence-electron chi connectivity index (χ2n) is 6.03. The normalized spacial score (nSPS) is 11.2. The van der Waals surface area contributed by atoms with Crippen LogP contribution in [0, 0.1) is 0 Å². The van der Waals surface area contributed by atoms with Gasteiger partial charge in [-0.25, -0.2) is 13.1 Å². The Balaban J connectivity index is 1.53. The first-order chi connectivity index (χ1) is 14.0. The molecule has 29 heavy (non-hydrogen) atoms. The summed E-state index contributed by atoms with van der Waals surface area (Å²) in [6, 6.07) is 18.6. The molecule has 146 valence electrons. The van der Waals surface area contributed by atoms with Crippen molar-refractivity contribution < 1.29 is 13.2 Å². The monoisotopic (exact) mass is 424 g/mol. The van der Waals surface area contributed by atoms with E-state index in [0.29, 0.717) is 16.9 Å². The Morgan fingerprint density at radius 1 is 0.931 bits per heavy atom. The number of thiophene rings is 1. The molecule has 4 rings (SSSR count). The average molecular weight is 425 g/mol. The lowest BCUT2D eigenvalue weighted by atomic mass is 10.2. The smallest absolute Gasteiger partial charge is 0.271 e. The zero-order chi connectivity index (χ0) is 20.3. The molecule has 0 aliphatic heterocycles. The largest absolute Gasteiger partial charge is 0.320 e. The molecule has 0 aliphatic carbocycles. The minimum absolute atomic E-state index is 0.202. The molecule has 0 radical (unpaired) electrons. The van der Waals surface area contributed by atoms with E-state index < -0.39 is 10.0 Å². The van der Waals surface area contributed by atoms with Crippen LogP contribution in [0.4, 0.5) is 11.4 Å². The maximum absolute atomic E-state index is 12.6. The van der Waals surface area contributed by atoms with Crippen molar-refractivity contribution >= 4 is 38.6 Å². The molecule has 2 aromatic carbocycles. The summed E-state index contributed by atoms with van der Waals surface area (Å²) in [5, 5.41) is 8.60. The molecule has 0 saturated carbocycles. The van der Waals surface area contributed by atoms with E-state index in [4.69, 9.17) is 0 Å². The number of benzene rings is 2. The van der Waals surface area contributed by atoms with Crippen molar-refractivity contribution in [3.05, 3.63) is 90.1 Å². The number of hydrogen-bond donors (Lipinski definition) is 2. The van der Waals surface area contributed by atoms with Gasteiger partial charge in [0.15, 0.2) is 0 Å². The minimum Gasteiger partial charge on any atom is -0.320 e. The highest BCUT2D eigenvalue weighted by Crippen LogP contribution is 2.26. The van der Waals surface area contributed by atoms with Crippen LogP contribution in [-0.2, 0) is 10.0 Å². The van der Waals surface area contributed by atoms with Gasteiger partial charge in [-0.1, -0.05) is 18.2 Å². The topological polar surface area (TPSA) is 93.1 Å². The standard InChI is InChI=1S/C20H16N4O3S2/c25-20(15-8-10-16(11-9-15)24-13-4-12-21-24)22-17-5-1-2-6-18(17)23-29(26,27)19-7-3-14-28-19/h1-14,23H,(H,22,25). The van der Waals surface area contributed by atoms with E-state index in [1.807, 2.05) is 12.3 Å². The number of rotatable bonds is 6. The van der Waals surface area contributed by atoms with Crippen LogP contribution >= 0.6 is 11.3 Å². The molecule has 4 aromatic rings. The van der Waals surface area contributed by atoms with Gasteiger partial charge in [-0.15, -0.1) is 11.3 Å². The van der Waals surface area contributed by atoms with Gasteiger partial charge in [0.05, 0.1) is 17.1 Å². The molecule has 1 amide bonds. The van der Waals surface area contributed by atoms with E-state index in [2.05, 4.69) is 15.1 Å². The first-order valence-electron chi connectivity index (χ1n) is 8.60. The van der Waals surface area contributed by atoms with E-state index in [1.165, 1.54) is 6.07 Å². The Morgan fingerprint density at radius 3 is 2.34 bits per heavy atom. The van der Waals surface area contributed by atoms with Crippen molar-refractivity contribution in [2.45, 2.75) is 4.21 Å². The van der Waals surface area contributed by atoms with Gasteiger partial charge in [-0.05, 0) is 53.9 Å². The van der Waals surface area contributed by atoms with Crippen molar-refractivity contribution in [1.82, 2.24) is 9.78 Å². The highest BCUT2D eigenvalue weighted by molar-refractivity contribution is 7.94. The summed E-state index contributed by atoms with van der Waals surface area (Å²) < 4.78 is 29.4. The van der Waals surface area contributed by atoms with Crippen molar-refractivity contribution in [3.63, 3.8) is 0 Å². The van der Waals surface area contributed by atoms with Crippen molar-refractivity contribution in [2.24, 2.45) is 0 Å². The van der Waals surface area contributed by atoms with Crippen LogP contribution < -0.4 is 10.0 Å². The molecule has 2 aromatic heterocycles. The quantitative estimate of drug-likeness (QED) is 0.489. The molecular formula is C20H16N4O3S2. The van der Waals surface area contributed by atoms with Gasteiger partial charge in [-0.2, -0.15) is 5.10 Å². The second kappa shape index (κ2) is 7.90. The van der Waals surface area contributed by atoms with Crippen LogP contribution in [0.2, 0.25) is 0 Å². The number of carbonyl (C=O) groups is 1. The molecule has 0 spiro atoms. The fraction of sp³-hybridized carbons (Fsp3) is 0. The summed E-state index contributed by atoms with van der Waals surface area (Å²) in [7, 11) is -3.72. The summed E-state index contributed by atoms with van der Waals surface area (Å²) in [5.41, 5.74) is 1.93. The average Bonchev–Trinajstić information content (AvgIpc) is 3.44. The van der Waals surface area contributed by atoms with Crippen LogP contribution in [0.5, 0.6) is 0 Å². The van der Waals surface area contributed by atoms with E-state index in [-0.39, 0.29) is 10.1 Å². The van der Waals surface area contributed by atoms with Crippen LogP contribution in [0.25, 0.3) is 5.69 Å². The summed E-state index contributed by atoms with van der Waals surface area (Å²) in [5.74, 6) is -0.347. The highest BCUT2D eigenvalue weighted by Gasteiger charge is 2.18. The van der Waals surface area contributed by atoms with E-state index in [9.17, 15) is 13.2 Å². The number of anilines is 2. The molecule has 9 heteroatoms. The predicted octanol–water partition coefficient (Wildman–Crippen LogP) is 3.99. The van der Waals surface area contributed by atoms with Gasteiger partial charge in [0.1, 0.15) is 4.21 Å². The number of nitrogens with one attached hydrogen (secondary N) is 2. The van der Waals surface area contributed by atoms with Gasteiger partial charge < -0.3 is 5.32 Å². The lowest BCUT2D eigenvalue weighted by molar-refractivity contribution is 0.102. The van der Waals surface area contributed by atoms with Crippen molar-refractivity contribution in [2.75, 3.05) is 10.0 Å². The summed E-state index contributed by atoms with van der Waals surface area (Å²) in [6.45, 7) is 0. The van der Waals surface area contributed by atoms with Crippen molar-refractivity contribution in [3.8, 4) is 5.69 Å². The van der Waals surface area contributed by atoms with Crippen molar-refractivity contribution in [1.29, 1.82) is 0 Å². The third-order valence-electron chi connectivity index (χ3n) is 4.08. The highest BCUT2D eigenvalue weighted by atomic mass is 32.2. The predicted molar refractivity (Wildman–Crippen MR) is 113 cm³/mol. The number of hydrogen-bond acceptors (Lipinski definition) is 5. The Kier molecular flexibility index (Phi) is 5.15. The third-order valence-corrected chi connectivity index (χ3v) is 6.84. The summed E-state index contributed by atoms with van der Waals surface area (Å²) >= 11 is 1.12. The summed E-state index contributed by atoms with van der Waals surface area (Å²) in [4.78, 5) is 12.6. The molecule has 0 aliphatic rings. The zero-order valence-corrected chi connectivity index (χ0v) is 16.7. The number of nitrogens with zero attached hydrogens (tertiary/aromatic N) is 2. The number of carbonyl (C=O) groups excluding carboxylic acids is 1. The molecule has 7 nitrogen and oxygen atoms in total. The maximum Gasteiger partial charge on any atom is 0.271 e. The third kappa shape index (κ3) is 4.20. The molecular weight excluding hydrogens is 408 g/mol. The van der Waals surface area contributed by atoms with Gasteiger partial charge in [0.2, 0.25) is 0 Å². The second-order valence-corrected chi connectivity index (χ2v) is 8.89. The Hall–Kier alpha value is -3.43. The van der Waals surface area contributed by atoms with Gasteiger partial charge in [-0.3, -0.25) is 9.52 Å². The molecule has 2 heterocycles. The fourth-order valence-corrected chi connectivity index (χ4v) is 4.75. The summed E-state index contributed by atoms with van der Waals surface area (Å²) in [6.07, 6.45) is 3.49. The van der Waals surface area contributed by atoms with Crippen LogP contribution in [-0.4, -0.2) is 24.1 Å². The molecule has 0 unspecified atom stereocenters. The van der Waals surface area contributed by atoms with E-state index in [0.717, 1.165) is 17.0 Å². The number of amides is 1. The first-order valence-corrected chi connectivity index (χ1v) is 11.0. The molecule has 0 saturated heterocycles. The molecule has 2 N–H and O–H groups in total. The van der Waals surface area contributed by atoms with E-state index in [1.54, 1.807) is 70.9 Å². The maximum atomic E-state index is 12.6. The van der Waals surface area contributed by atoms with Crippen LogP contribution in [0.15, 0.2) is 88.7 Å². The number of para-hydroxylation sites is 2.